The van der Waals surface area contributed by atoms with Crippen LogP contribution in [-0.4, -0.2) is 0 Å². The SMILES string of the molecule is CCCCc1c[c]cc(C#Cc2ccc(Cl)cc2)c1. The quantitative estimate of drug-likeness (QED) is 0.695. The highest BCUT2D eigenvalue weighted by Gasteiger charge is 1.94. The first-order chi connectivity index (χ1) is 9.28. The molecule has 0 saturated carbocycles. The van der Waals surface area contributed by atoms with E-state index >= 15 is 0 Å². The zero-order valence-electron chi connectivity index (χ0n) is 11.0. The van der Waals surface area contributed by atoms with Crippen LogP contribution in [-0.2, 0) is 6.42 Å². The van der Waals surface area contributed by atoms with E-state index in [0.717, 1.165) is 22.6 Å². The van der Waals surface area contributed by atoms with Gasteiger partial charge >= 0.3 is 0 Å². The van der Waals surface area contributed by atoms with Gasteiger partial charge in [-0.05, 0) is 60.9 Å². The molecular weight excluding hydrogens is 252 g/mol. The van der Waals surface area contributed by atoms with Gasteiger partial charge in [0.1, 0.15) is 0 Å². The maximum Gasteiger partial charge on any atom is 0.0406 e. The van der Waals surface area contributed by atoms with Crippen LogP contribution in [0.25, 0.3) is 0 Å². The molecule has 19 heavy (non-hydrogen) atoms. The van der Waals surface area contributed by atoms with Gasteiger partial charge in [0.25, 0.3) is 0 Å². The molecule has 0 nitrogen and oxygen atoms in total. The summed E-state index contributed by atoms with van der Waals surface area (Å²) in [6.45, 7) is 2.20. The van der Waals surface area contributed by atoms with E-state index in [0.29, 0.717) is 0 Å². The van der Waals surface area contributed by atoms with Gasteiger partial charge in [-0.3, -0.25) is 0 Å². The summed E-state index contributed by atoms with van der Waals surface area (Å²) in [5.74, 6) is 6.32. The van der Waals surface area contributed by atoms with Gasteiger partial charge in [-0.2, -0.15) is 0 Å². The smallest absolute Gasteiger partial charge is 0.0406 e. The predicted octanol–water partition coefficient (Wildman–Crippen LogP) is 4.88. The fourth-order valence-corrected chi connectivity index (χ4v) is 1.92. The molecule has 0 saturated heterocycles. The monoisotopic (exact) mass is 267 g/mol. The highest BCUT2D eigenvalue weighted by atomic mass is 35.5. The number of hydrogen-bond donors (Lipinski definition) is 0. The average molecular weight is 268 g/mol. The molecule has 0 aromatic heterocycles. The summed E-state index contributed by atoms with van der Waals surface area (Å²) in [6, 6.07) is 16.9. The van der Waals surface area contributed by atoms with Crippen molar-refractivity contribution in [1.29, 1.82) is 0 Å². The molecule has 0 aliphatic carbocycles. The number of halogens is 1. The van der Waals surface area contributed by atoms with Crippen molar-refractivity contribution in [3.05, 3.63) is 70.2 Å². The lowest BCUT2D eigenvalue weighted by atomic mass is 10.1. The molecule has 2 aromatic rings. The van der Waals surface area contributed by atoms with Crippen molar-refractivity contribution in [1.82, 2.24) is 0 Å². The third-order valence-corrected chi connectivity index (χ3v) is 3.11. The summed E-state index contributed by atoms with van der Waals surface area (Å²) in [6.07, 6.45) is 3.52. The van der Waals surface area contributed by atoms with E-state index in [-0.39, 0.29) is 0 Å². The van der Waals surface area contributed by atoms with Gasteiger partial charge in [-0.25, -0.2) is 0 Å². The van der Waals surface area contributed by atoms with Gasteiger partial charge in [0.2, 0.25) is 0 Å². The number of hydrogen-bond acceptors (Lipinski definition) is 0. The van der Waals surface area contributed by atoms with E-state index in [2.05, 4.69) is 30.9 Å². The van der Waals surface area contributed by atoms with Crippen LogP contribution in [0.2, 0.25) is 5.02 Å². The van der Waals surface area contributed by atoms with Crippen LogP contribution < -0.4 is 0 Å². The molecule has 0 atom stereocenters. The van der Waals surface area contributed by atoms with Crippen molar-refractivity contribution >= 4 is 11.6 Å². The van der Waals surface area contributed by atoms with E-state index in [1.54, 1.807) is 0 Å². The first-order valence-electron chi connectivity index (χ1n) is 6.55. The fourth-order valence-electron chi connectivity index (χ4n) is 1.80. The minimum Gasteiger partial charge on any atom is -0.0843 e. The van der Waals surface area contributed by atoms with Gasteiger partial charge in [-0.1, -0.05) is 42.9 Å². The highest BCUT2D eigenvalue weighted by Crippen LogP contribution is 2.10. The lowest BCUT2D eigenvalue weighted by molar-refractivity contribution is 0.795. The summed E-state index contributed by atoms with van der Waals surface area (Å²) in [5, 5.41) is 0.737. The van der Waals surface area contributed by atoms with Crippen LogP contribution in [0.15, 0.2) is 42.5 Å². The van der Waals surface area contributed by atoms with Crippen LogP contribution in [0.5, 0.6) is 0 Å². The maximum atomic E-state index is 5.84. The Balaban J connectivity index is 2.13. The van der Waals surface area contributed by atoms with E-state index in [1.807, 2.05) is 36.4 Å². The molecule has 95 valence electrons. The number of rotatable bonds is 3. The molecule has 0 N–H and O–H groups in total. The molecule has 2 rings (SSSR count). The van der Waals surface area contributed by atoms with Gasteiger partial charge < -0.3 is 0 Å². The van der Waals surface area contributed by atoms with Crippen molar-refractivity contribution in [2.75, 3.05) is 0 Å². The van der Waals surface area contributed by atoms with Gasteiger partial charge in [0.05, 0.1) is 0 Å². The number of aryl methyl sites for hydroxylation is 1. The molecule has 0 aliphatic rings. The molecule has 0 heterocycles. The third kappa shape index (κ3) is 4.47. The molecule has 0 aliphatic heterocycles. The molecule has 0 spiro atoms. The highest BCUT2D eigenvalue weighted by molar-refractivity contribution is 6.30. The minimum atomic E-state index is 0.737. The van der Waals surface area contributed by atoms with Gasteiger partial charge in [0.15, 0.2) is 0 Å². The van der Waals surface area contributed by atoms with E-state index in [4.69, 9.17) is 11.6 Å². The van der Waals surface area contributed by atoms with Crippen LogP contribution >= 0.6 is 11.6 Å². The summed E-state index contributed by atoms with van der Waals surface area (Å²) in [5.41, 5.74) is 3.30. The molecule has 0 unspecified atom stereocenters. The molecule has 1 heteroatoms. The zero-order valence-corrected chi connectivity index (χ0v) is 11.8. The van der Waals surface area contributed by atoms with Crippen molar-refractivity contribution in [3.63, 3.8) is 0 Å². The molecule has 0 fully saturated rings. The maximum absolute atomic E-state index is 5.84. The molecule has 1 radical (unpaired) electrons. The Morgan fingerprint density at radius 2 is 1.79 bits per heavy atom. The number of benzene rings is 2. The lowest BCUT2D eigenvalue weighted by Crippen LogP contribution is -1.86. The van der Waals surface area contributed by atoms with E-state index in [9.17, 15) is 0 Å². The Hall–Kier alpha value is -1.71. The topological polar surface area (TPSA) is 0 Å². The largest absolute Gasteiger partial charge is 0.0843 e. The summed E-state index contributed by atoms with van der Waals surface area (Å²) < 4.78 is 0. The van der Waals surface area contributed by atoms with Crippen molar-refractivity contribution in [2.45, 2.75) is 26.2 Å². The zero-order chi connectivity index (χ0) is 13.5. The average Bonchev–Trinajstić information content (AvgIpc) is 2.45. The van der Waals surface area contributed by atoms with Crippen LogP contribution in [0.1, 0.15) is 36.5 Å². The third-order valence-electron chi connectivity index (χ3n) is 2.86. The predicted molar refractivity (Wildman–Crippen MR) is 81.3 cm³/mol. The Morgan fingerprint density at radius 3 is 2.53 bits per heavy atom. The van der Waals surface area contributed by atoms with Crippen LogP contribution in [0.3, 0.4) is 0 Å². The van der Waals surface area contributed by atoms with Gasteiger partial charge in [0, 0.05) is 16.1 Å². The molecule has 0 amide bonds. The van der Waals surface area contributed by atoms with Crippen LogP contribution in [0.4, 0.5) is 0 Å². The molecule has 2 aromatic carbocycles. The number of unbranched alkanes of at least 4 members (excludes halogenated alkanes) is 1. The molecule has 0 bridgehead atoms. The van der Waals surface area contributed by atoms with E-state index < -0.39 is 0 Å². The first-order valence-corrected chi connectivity index (χ1v) is 6.93. The Labute approximate surface area is 120 Å². The molecular formula is C18H16Cl. The van der Waals surface area contributed by atoms with Crippen LogP contribution in [0, 0.1) is 17.9 Å². The van der Waals surface area contributed by atoms with Crippen molar-refractivity contribution in [3.8, 4) is 11.8 Å². The first kappa shape index (κ1) is 13.7. The summed E-state index contributed by atoms with van der Waals surface area (Å²) in [4.78, 5) is 0. The Kier molecular flexibility index (Phi) is 5.07. The summed E-state index contributed by atoms with van der Waals surface area (Å²) in [7, 11) is 0. The Morgan fingerprint density at radius 1 is 1.05 bits per heavy atom. The van der Waals surface area contributed by atoms with E-state index in [1.165, 1.54) is 18.4 Å². The second-order valence-corrected chi connectivity index (χ2v) is 4.93. The lowest BCUT2D eigenvalue weighted by Gasteiger charge is -1.99. The Bertz CT molecular complexity index is 585. The fraction of sp³-hybridized carbons (Fsp3) is 0.222. The standard InChI is InChI=1S/C18H16Cl/c1-2-3-5-16-6-4-7-17(14-16)9-8-15-10-12-18(19)13-11-15/h6-7,10-14H,2-3,5H2,1H3. The summed E-state index contributed by atoms with van der Waals surface area (Å²) >= 11 is 5.84. The van der Waals surface area contributed by atoms with Crippen molar-refractivity contribution in [2.24, 2.45) is 0 Å². The minimum absolute atomic E-state index is 0.737. The van der Waals surface area contributed by atoms with Crippen molar-refractivity contribution < 1.29 is 0 Å². The van der Waals surface area contributed by atoms with Gasteiger partial charge in [-0.15, -0.1) is 0 Å². The second-order valence-electron chi connectivity index (χ2n) is 4.49. The normalized spacial score (nSPS) is 9.79. The second kappa shape index (κ2) is 7.02.